The van der Waals surface area contributed by atoms with Crippen molar-refractivity contribution in [3.8, 4) is 0 Å². The molecule has 1 heterocycles. The topological polar surface area (TPSA) is 0 Å². The Balaban J connectivity index is 2.43. The zero-order chi connectivity index (χ0) is 12.6. The highest BCUT2D eigenvalue weighted by Gasteiger charge is 2.17. The SMILES string of the molecule is Cc1cc(C)c(C(Br)c2ccc(F)cc2C)s1. The number of hydrogen-bond donors (Lipinski definition) is 0. The summed E-state index contributed by atoms with van der Waals surface area (Å²) in [7, 11) is 0. The van der Waals surface area contributed by atoms with Gasteiger partial charge in [-0.15, -0.1) is 11.3 Å². The molecule has 0 fully saturated rings. The molecule has 1 atom stereocenters. The Morgan fingerprint density at radius 3 is 2.35 bits per heavy atom. The van der Waals surface area contributed by atoms with Crippen LogP contribution >= 0.6 is 27.3 Å². The summed E-state index contributed by atoms with van der Waals surface area (Å²) in [6.45, 7) is 6.17. The molecule has 0 aliphatic rings. The van der Waals surface area contributed by atoms with Gasteiger partial charge in [-0.3, -0.25) is 0 Å². The molecule has 2 aromatic rings. The van der Waals surface area contributed by atoms with Gasteiger partial charge >= 0.3 is 0 Å². The molecule has 0 N–H and O–H groups in total. The van der Waals surface area contributed by atoms with Gasteiger partial charge < -0.3 is 0 Å². The van der Waals surface area contributed by atoms with Crippen LogP contribution in [0.5, 0.6) is 0 Å². The monoisotopic (exact) mass is 312 g/mol. The van der Waals surface area contributed by atoms with Crippen LogP contribution in [-0.2, 0) is 0 Å². The lowest BCUT2D eigenvalue weighted by Gasteiger charge is -2.12. The third-order valence-electron chi connectivity index (χ3n) is 2.81. The third-order valence-corrected chi connectivity index (χ3v) is 5.29. The summed E-state index contributed by atoms with van der Waals surface area (Å²) in [4.78, 5) is 2.76. The summed E-state index contributed by atoms with van der Waals surface area (Å²) < 4.78 is 13.1. The number of aryl methyl sites for hydroxylation is 3. The summed E-state index contributed by atoms with van der Waals surface area (Å²) in [5.74, 6) is -0.176. The summed E-state index contributed by atoms with van der Waals surface area (Å²) in [5.41, 5.74) is 3.41. The highest BCUT2D eigenvalue weighted by molar-refractivity contribution is 9.09. The minimum Gasteiger partial charge on any atom is -0.207 e. The lowest BCUT2D eigenvalue weighted by molar-refractivity contribution is 0.626. The van der Waals surface area contributed by atoms with Gasteiger partial charge in [0, 0.05) is 9.75 Å². The first-order valence-corrected chi connectivity index (χ1v) is 7.19. The van der Waals surface area contributed by atoms with Crippen LogP contribution in [-0.4, -0.2) is 0 Å². The number of benzene rings is 1. The van der Waals surface area contributed by atoms with Gasteiger partial charge in [0.25, 0.3) is 0 Å². The van der Waals surface area contributed by atoms with Crippen LogP contribution in [0.4, 0.5) is 4.39 Å². The van der Waals surface area contributed by atoms with E-state index in [1.54, 1.807) is 17.4 Å². The molecule has 0 saturated carbocycles. The molecule has 3 heteroatoms. The minimum atomic E-state index is -0.176. The van der Waals surface area contributed by atoms with Crippen molar-refractivity contribution in [1.82, 2.24) is 0 Å². The Hall–Kier alpha value is -0.670. The smallest absolute Gasteiger partial charge is 0.123 e. The van der Waals surface area contributed by atoms with E-state index in [2.05, 4.69) is 35.8 Å². The van der Waals surface area contributed by atoms with Crippen molar-refractivity contribution in [2.24, 2.45) is 0 Å². The van der Waals surface area contributed by atoms with E-state index in [4.69, 9.17) is 0 Å². The average molecular weight is 313 g/mol. The van der Waals surface area contributed by atoms with Crippen LogP contribution in [0.15, 0.2) is 24.3 Å². The maximum absolute atomic E-state index is 13.1. The number of alkyl halides is 1. The fourth-order valence-corrected chi connectivity index (χ4v) is 4.16. The summed E-state index contributed by atoms with van der Waals surface area (Å²) >= 11 is 5.51. The Morgan fingerprint density at radius 2 is 1.82 bits per heavy atom. The Morgan fingerprint density at radius 1 is 1.12 bits per heavy atom. The second-order valence-electron chi connectivity index (χ2n) is 4.27. The lowest BCUT2D eigenvalue weighted by atomic mass is 10.0. The van der Waals surface area contributed by atoms with E-state index in [-0.39, 0.29) is 10.6 Å². The molecule has 17 heavy (non-hydrogen) atoms. The van der Waals surface area contributed by atoms with Gasteiger partial charge in [-0.1, -0.05) is 22.0 Å². The van der Waals surface area contributed by atoms with E-state index >= 15 is 0 Å². The molecular weight excluding hydrogens is 299 g/mol. The normalized spacial score (nSPS) is 12.8. The standard InChI is InChI=1S/C14H14BrFS/c1-8-7-11(16)4-5-12(8)13(15)14-9(2)6-10(3)17-14/h4-7,13H,1-3H3. The summed E-state index contributed by atoms with van der Waals surface area (Å²) in [6, 6.07) is 7.15. The summed E-state index contributed by atoms with van der Waals surface area (Å²) in [6.07, 6.45) is 0. The van der Waals surface area contributed by atoms with Crippen molar-refractivity contribution < 1.29 is 4.39 Å². The Bertz CT molecular complexity index is 545. The second kappa shape index (κ2) is 4.91. The van der Waals surface area contributed by atoms with E-state index in [0.717, 1.165) is 11.1 Å². The highest BCUT2D eigenvalue weighted by Crippen LogP contribution is 2.39. The van der Waals surface area contributed by atoms with Crippen LogP contribution in [0.25, 0.3) is 0 Å². The summed E-state index contributed by atoms with van der Waals surface area (Å²) in [5, 5.41) is 0. The van der Waals surface area contributed by atoms with Gasteiger partial charge in [-0.05, 0) is 55.7 Å². The van der Waals surface area contributed by atoms with Crippen molar-refractivity contribution in [3.63, 3.8) is 0 Å². The van der Waals surface area contributed by atoms with Crippen molar-refractivity contribution in [2.45, 2.75) is 25.6 Å². The van der Waals surface area contributed by atoms with Gasteiger partial charge in [0.1, 0.15) is 5.82 Å². The van der Waals surface area contributed by atoms with Gasteiger partial charge in [0.2, 0.25) is 0 Å². The maximum Gasteiger partial charge on any atom is 0.123 e. The fraction of sp³-hybridized carbons (Fsp3) is 0.286. The molecule has 1 unspecified atom stereocenters. The Kier molecular flexibility index (Phi) is 3.69. The molecule has 0 radical (unpaired) electrons. The molecule has 1 aromatic heterocycles. The van der Waals surface area contributed by atoms with E-state index in [1.807, 2.05) is 13.0 Å². The molecule has 0 amide bonds. The van der Waals surface area contributed by atoms with Gasteiger partial charge in [0.15, 0.2) is 0 Å². The molecule has 0 bridgehead atoms. The number of thiophene rings is 1. The van der Waals surface area contributed by atoms with Crippen LogP contribution < -0.4 is 0 Å². The molecule has 0 saturated heterocycles. The number of rotatable bonds is 2. The quantitative estimate of drug-likeness (QED) is 0.660. The first kappa shape index (κ1) is 12.8. The molecular formula is C14H14BrFS. The molecule has 0 aliphatic carbocycles. The van der Waals surface area contributed by atoms with Crippen LogP contribution in [0.1, 0.15) is 31.3 Å². The molecule has 0 spiro atoms. The zero-order valence-electron chi connectivity index (χ0n) is 10.1. The fourth-order valence-electron chi connectivity index (χ4n) is 1.98. The lowest BCUT2D eigenvalue weighted by Crippen LogP contribution is -1.95. The molecule has 0 aliphatic heterocycles. The molecule has 2 rings (SSSR count). The highest BCUT2D eigenvalue weighted by atomic mass is 79.9. The largest absolute Gasteiger partial charge is 0.207 e. The maximum atomic E-state index is 13.1. The molecule has 1 aromatic carbocycles. The minimum absolute atomic E-state index is 0.154. The first-order valence-electron chi connectivity index (χ1n) is 5.46. The second-order valence-corrected chi connectivity index (χ2v) is 6.47. The van der Waals surface area contributed by atoms with Crippen molar-refractivity contribution in [2.75, 3.05) is 0 Å². The van der Waals surface area contributed by atoms with Crippen molar-refractivity contribution in [1.29, 1.82) is 0 Å². The van der Waals surface area contributed by atoms with Gasteiger partial charge in [0.05, 0.1) is 4.83 Å². The van der Waals surface area contributed by atoms with Crippen LogP contribution in [0.2, 0.25) is 0 Å². The van der Waals surface area contributed by atoms with E-state index in [9.17, 15) is 4.39 Å². The predicted molar refractivity (Wildman–Crippen MR) is 75.7 cm³/mol. The predicted octanol–water partition coefficient (Wildman–Crippen LogP) is 5.30. The van der Waals surface area contributed by atoms with Gasteiger partial charge in [-0.25, -0.2) is 4.39 Å². The first-order chi connectivity index (χ1) is 7.99. The number of halogens is 2. The molecule has 0 nitrogen and oxygen atoms in total. The van der Waals surface area contributed by atoms with Crippen molar-refractivity contribution >= 4 is 27.3 Å². The van der Waals surface area contributed by atoms with Gasteiger partial charge in [-0.2, -0.15) is 0 Å². The van der Waals surface area contributed by atoms with E-state index in [0.29, 0.717) is 0 Å². The van der Waals surface area contributed by atoms with E-state index in [1.165, 1.54) is 21.4 Å². The Labute approximate surface area is 114 Å². The third kappa shape index (κ3) is 2.61. The average Bonchev–Trinajstić information content (AvgIpc) is 2.57. The zero-order valence-corrected chi connectivity index (χ0v) is 12.5. The van der Waals surface area contributed by atoms with Crippen LogP contribution in [0, 0.1) is 26.6 Å². The van der Waals surface area contributed by atoms with E-state index < -0.39 is 0 Å². The van der Waals surface area contributed by atoms with Crippen molar-refractivity contribution in [3.05, 3.63) is 56.5 Å². The number of hydrogen-bond acceptors (Lipinski definition) is 1. The van der Waals surface area contributed by atoms with Crippen LogP contribution in [0.3, 0.4) is 0 Å². The molecule has 90 valence electrons.